The Morgan fingerprint density at radius 3 is 1.78 bits per heavy atom. The molecular formula is C25H35B2NO4. The highest BCUT2D eigenvalue weighted by atomic mass is 16.7. The maximum absolute atomic E-state index is 6.29. The molecule has 0 spiro atoms. The average molecular weight is 435 g/mol. The second-order valence-corrected chi connectivity index (χ2v) is 10.9. The van der Waals surface area contributed by atoms with Crippen LogP contribution in [0.1, 0.15) is 61.0 Å². The van der Waals surface area contributed by atoms with Crippen molar-refractivity contribution >= 4 is 30.8 Å². The van der Waals surface area contributed by atoms with E-state index in [1.54, 1.807) is 0 Å². The Hall–Kier alpha value is -1.79. The number of benzene rings is 2. The molecule has 2 aromatic carbocycles. The molecule has 32 heavy (non-hydrogen) atoms. The first-order valence-corrected chi connectivity index (χ1v) is 11.4. The van der Waals surface area contributed by atoms with Gasteiger partial charge < -0.3 is 23.9 Å². The monoisotopic (exact) mass is 435 g/mol. The zero-order valence-electron chi connectivity index (χ0n) is 20.6. The number of nitrogens with one attached hydrogen (secondary N) is 1. The van der Waals surface area contributed by atoms with Crippen molar-refractivity contribution in [3.05, 3.63) is 54.1 Å². The van der Waals surface area contributed by atoms with Gasteiger partial charge in [0.25, 0.3) is 0 Å². The van der Waals surface area contributed by atoms with Crippen molar-refractivity contribution in [3.8, 4) is 0 Å². The number of hydrogen-bond acceptors (Lipinski definition) is 5. The summed E-state index contributed by atoms with van der Waals surface area (Å²) in [6.07, 6.45) is 0. The third-order valence-electron chi connectivity index (χ3n) is 7.46. The normalized spacial score (nSPS) is 22.9. The van der Waals surface area contributed by atoms with Crippen molar-refractivity contribution in [3.63, 3.8) is 0 Å². The van der Waals surface area contributed by atoms with Gasteiger partial charge in [-0.15, -0.1) is 0 Å². The Labute approximate surface area is 193 Å². The largest absolute Gasteiger partial charge is 0.495 e. The molecule has 0 radical (unpaired) electrons. The van der Waals surface area contributed by atoms with E-state index in [0.29, 0.717) is 6.54 Å². The first-order chi connectivity index (χ1) is 14.8. The number of hydrogen-bond donors (Lipinski definition) is 1. The summed E-state index contributed by atoms with van der Waals surface area (Å²) in [5.74, 6) is 0. The lowest BCUT2D eigenvalue weighted by Gasteiger charge is -2.32. The topological polar surface area (TPSA) is 49.0 Å². The third kappa shape index (κ3) is 4.24. The van der Waals surface area contributed by atoms with E-state index < -0.39 is 0 Å². The Kier molecular flexibility index (Phi) is 5.78. The van der Waals surface area contributed by atoms with Gasteiger partial charge in [0.2, 0.25) is 0 Å². The van der Waals surface area contributed by atoms with Gasteiger partial charge in [-0.3, -0.25) is 0 Å². The fourth-order valence-corrected chi connectivity index (χ4v) is 3.87. The molecule has 0 aromatic heterocycles. The molecule has 4 rings (SSSR count). The SMILES string of the molecule is CC1(C)OB(c2cccc(NCc3ccccc3B3OC(C)(C)C(C)(C)O3)c2)OC1(C)C. The van der Waals surface area contributed by atoms with E-state index in [1.807, 2.05) is 24.3 Å². The van der Waals surface area contributed by atoms with E-state index in [1.165, 1.54) is 0 Å². The zero-order valence-corrected chi connectivity index (χ0v) is 20.6. The van der Waals surface area contributed by atoms with E-state index in [9.17, 15) is 0 Å². The molecule has 2 saturated heterocycles. The van der Waals surface area contributed by atoms with Crippen LogP contribution in [0, 0.1) is 0 Å². The summed E-state index contributed by atoms with van der Waals surface area (Å²) in [5, 5.41) is 3.55. The van der Waals surface area contributed by atoms with Gasteiger partial charge in [-0.2, -0.15) is 0 Å². The highest BCUT2D eigenvalue weighted by Gasteiger charge is 2.53. The molecular weight excluding hydrogens is 400 g/mol. The fourth-order valence-electron chi connectivity index (χ4n) is 3.87. The zero-order chi connectivity index (χ0) is 23.4. The summed E-state index contributed by atoms with van der Waals surface area (Å²) in [4.78, 5) is 0. The minimum atomic E-state index is -0.380. The van der Waals surface area contributed by atoms with E-state index in [0.717, 1.165) is 22.2 Å². The predicted molar refractivity (Wildman–Crippen MR) is 132 cm³/mol. The lowest BCUT2D eigenvalue weighted by molar-refractivity contribution is 0.00578. The van der Waals surface area contributed by atoms with Gasteiger partial charge in [0.05, 0.1) is 22.4 Å². The molecule has 2 aliphatic heterocycles. The molecule has 0 unspecified atom stereocenters. The maximum atomic E-state index is 6.29. The summed E-state index contributed by atoms with van der Waals surface area (Å²) in [6, 6.07) is 16.5. The van der Waals surface area contributed by atoms with Gasteiger partial charge in [-0.05, 0) is 84.0 Å². The molecule has 2 heterocycles. The van der Waals surface area contributed by atoms with Gasteiger partial charge >= 0.3 is 14.2 Å². The van der Waals surface area contributed by atoms with Crippen LogP contribution >= 0.6 is 0 Å². The standard InChI is InChI=1S/C25H35B2NO4/c1-22(2)23(3,4)30-26(29-22)19-13-11-14-20(16-19)28-17-18-12-9-10-15-21(18)27-31-24(5,6)25(7,8)32-27/h9-16,28H,17H2,1-8H3. The first-order valence-electron chi connectivity index (χ1n) is 11.4. The molecule has 7 heteroatoms. The molecule has 2 aromatic rings. The Morgan fingerprint density at radius 1 is 0.656 bits per heavy atom. The van der Waals surface area contributed by atoms with E-state index in [2.05, 4.69) is 85.0 Å². The Bertz CT molecular complexity index is 957. The van der Waals surface area contributed by atoms with Crippen molar-refractivity contribution in [2.45, 2.75) is 84.3 Å². The Balaban J connectivity index is 1.49. The van der Waals surface area contributed by atoms with Crippen LogP contribution in [0.4, 0.5) is 5.69 Å². The molecule has 0 bridgehead atoms. The van der Waals surface area contributed by atoms with E-state index in [-0.39, 0.29) is 36.6 Å². The van der Waals surface area contributed by atoms with Crippen LogP contribution in [-0.4, -0.2) is 36.6 Å². The summed E-state index contributed by atoms with van der Waals surface area (Å²) < 4.78 is 25.0. The second-order valence-electron chi connectivity index (χ2n) is 10.9. The highest BCUT2D eigenvalue weighted by Crippen LogP contribution is 2.37. The van der Waals surface area contributed by atoms with Crippen LogP contribution in [0.5, 0.6) is 0 Å². The predicted octanol–water partition coefficient (Wildman–Crippen LogP) is 3.90. The molecule has 0 aliphatic carbocycles. The highest BCUT2D eigenvalue weighted by molar-refractivity contribution is 6.63. The first kappa shape index (κ1) is 23.4. The van der Waals surface area contributed by atoms with Crippen LogP contribution in [0.15, 0.2) is 48.5 Å². The van der Waals surface area contributed by atoms with Gasteiger partial charge in [-0.1, -0.05) is 36.4 Å². The molecule has 2 aliphatic rings. The number of anilines is 1. The van der Waals surface area contributed by atoms with Gasteiger partial charge in [-0.25, -0.2) is 0 Å². The van der Waals surface area contributed by atoms with Crippen molar-refractivity contribution in [1.29, 1.82) is 0 Å². The van der Waals surface area contributed by atoms with Crippen LogP contribution in [0.3, 0.4) is 0 Å². The third-order valence-corrected chi connectivity index (χ3v) is 7.46. The molecule has 0 saturated carbocycles. The molecule has 5 nitrogen and oxygen atoms in total. The fraction of sp³-hybridized carbons (Fsp3) is 0.520. The smallest absolute Gasteiger partial charge is 0.399 e. The summed E-state index contributed by atoms with van der Waals surface area (Å²) >= 11 is 0. The summed E-state index contributed by atoms with van der Waals surface area (Å²) in [6.45, 7) is 17.3. The van der Waals surface area contributed by atoms with Gasteiger partial charge in [0.1, 0.15) is 0 Å². The summed E-state index contributed by atoms with van der Waals surface area (Å²) in [7, 11) is -0.757. The van der Waals surface area contributed by atoms with Crippen LogP contribution in [0.25, 0.3) is 0 Å². The maximum Gasteiger partial charge on any atom is 0.495 e. The Morgan fingerprint density at radius 2 is 1.19 bits per heavy atom. The van der Waals surface area contributed by atoms with Crippen molar-refractivity contribution < 1.29 is 18.6 Å². The minimum Gasteiger partial charge on any atom is -0.399 e. The molecule has 1 N–H and O–H groups in total. The van der Waals surface area contributed by atoms with Crippen LogP contribution in [0.2, 0.25) is 0 Å². The quantitative estimate of drug-likeness (QED) is 0.723. The van der Waals surface area contributed by atoms with Crippen LogP contribution < -0.4 is 16.2 Å². The molecule has 170 valence electrons. The number of rotatable bonds is 5. The molecule has 2 fully saturated rings. The average Bonchev–Trinajstić information content (AvgIpc) is 3.06. The lowest BCUT2D eigenvalue weighted by Crippen LogP contribution is -2.41. The van der Waals surface area contributed by atoms with Gasteiger partial charge in [0, 0.05) is 12.2 Å². The lowest BCUT2D eigenvalue weighted by atomic mass is 9.76. The van der Waals surface area contributed by atoms with Crippen molar-refractivity contribution in [2.24, 2.45) is 0 Å². The second kappa shape index (κ2) is 7.91. The van der Waals surface area contributed by atoms with E-state index >= 15 is 0 Å². The minimum absolute atomic E-state index is 0.358. The molecule has 0 atom stereocenters. The van der Waals surface area contributed by atoms with Crippen molar-refractivity contribution in [1.82, 2.24) is 0 Å². The van der Waals surface area contributed by atoms with Crippen molar-refractivity contribution in [2.75, 3.05) is 5.32 Å². The van der Waals surface area contributed by atoms with Crippen LogP contribution in [-0.2, 0) is 25.2 Å². The summed E-state index contributed by atoms with van der Waals surface area (Å²) in [5.41, 5.74) is 2.78. The van der Waals surface area contributed by atoms with E-state index in [4.69, 9.17) is 18.6 Å². The van der Waals surface area contributed by atoms with Gasteiger partial charge in [0.15, 0.2) is 0 Å². The molecule has 0 amide bonds.